The number of carbonyl (C=O) groups is 1. The van der Waals surface area contributed by atoms with E-state index in [-0.39, 0.29) is 29.7 Å². The standard InChI is InChI=1S/C19H15Cl2N5O4/c1-30-5-4-26(19(28)29)18-22-14-3-2-9(6-15(14)23-18)16-10-7-12(20)13(21)8-11(10)17(27)25-24-16/h2-3,6-8H,4-5H2,1H3,(H,22,23)(H,25,27)(H,28,29). The number of anilines is 1. The fourth-order valence-corrected chi connectivity index (χ4v) is 3.45. The van der Waals surface area contributed by atoms with Crippen molar-refractivity contribution in [2.75, 3.05) is 25.2 Å². The number of nitrogens with one attached hydrogen (secondary N) is 2. The van der Waals surface area contributed by atoms with E-state index < -0.39 is 6.09 Å². The van der Waals surface area contributed by atoms with Gasteiger partial charge in [0.15, 0.2) is 0 Å². The Hall–Kier alpha value is -3.14. The van der Waals surface area contributed by atoms with Crippen molar-refractivity contribution < 1.29 is 14.6 Å². The lowest BCUT2D eigenvalue weighted by Gasteiger charge is -2.14. The Kier molecular flexibility index (Phi) is 5.33. The highest BCUT2D eigenvalue weighted by atomic mass is 35.5. The molecule has 2 heterocycles. The Labute approximate surface area is 179 Å². The molecular weight excluding hydrogens is 433 g/mol. The molecule has 0 aliphatic carbocycles. The van der Waals surface area contributed by atoms with Gasteiger partial charge in [-0.1, -0.05) is 29.3 Å². The van der Waals surface area contributed by atoms with Gasteiger partial charge in [-0.2, -0.15) is 5.10 Å². The normalized spacial score (nSPS) is 11.3. The van der Waals surface area contributed by atoms with Gasteiger partial charge in [0.25, 0.3) is 5.56 Å². The molecule has 2 aromatic heterocycles. The lowest BCUT2D eigenvalue weighted by atomic mass is 10.0. The van der Waals surface area contributed by atoms with Gasteiger partial charge in [-0.05, 0) is 24.3 Å². The maximum Gasteiger partial charge on any atom is 0.414 e. The molecular formula is C19H15Cl2N5O4. The smallest absolute Gasteiger partial charge is 0.414 e. The number of halogens is 2. The van der Waals surface area contributed by atoms with Crippen LogP contribution in [0.3, 0.4) is 0 Å². The third-order valence-electron chi connectivity index (χ3n) is 4.58. The number of benzene rings is 2. The molecule has 0 spiro atoms. The van der Waals surface area contributed by atoms with E-state index in [2.05, 4.69) is 20.2 Å². The largest absolute Gasteiger partial charge is 0.465 e. The molecule has 0 unspecified atom stereocenters. The van der Waals surface area contributed by atoms with Gasteiger partial charge >= 0.3 is 6.09 Å². The first-order valence-corrected chi connectivity index (χ1v) is 9.51. The number of rotatable bonds is 5. The van der Waals surface area contributed by atoms with E-state index in [1.54, 1.807) is 24.3 Å². The number of methoxy groups -OCH3 is 1. The van der Waals surface area contributed by atoms with Crippen LogP contribution in [0, 0.1) is 0 Å². The second kappa shape index (κ2) is 7.94. The number of aromatic amines is 2. The molecule has 0 aliphatic rings. The van der Waals surface area contributed by atoms with Crippen LogP contribution in [0.4, 0.5) is 10.7 Å². The summed E-state index contributed by atoms with van der Waals surface area (Å²) in [5.74, 6) is 0.181. The van der Waals surface area contributed by atoms with Crippen LogP contribution in [0.25, 0.3) is 33.1 Å². The molecule has 9 nitrogen and oxygen atoms in total. The molecule has 0 saturated carbocycles. The van der Waals surface area contributed by atoms with Gasteiger partial charge in [-0.15, -0.1) is 0 Å². The van der Waals surface area contributed by atoms with Crippen LogP contribution in [0.2, 0.25) is 10.0 Å². The van der Waals surface area contributed by atoms with E-state index in [0.29, 0.717) is 38.1 Å². The van der Waals surface area contributed by atoms with Crippen LogP contribution in [0.15, 0.2) is 35.1 Å². The highest BCUT2D eigenvalue weighted by Crippen LogP contribution is 2.32. The topological polar surface area (TPSA) is 124 Å². The Morgan fingerprint density at radius 3 is 2.63 bits per heavy atom. The highest BCUT2D eigenvalue weighted by molar-refractivity contribution is 6.43. The number of fused-ring (bicyclic) bond motifs is 2. The lowest BCUT2D eigenvalue weighted by Crippen LogP contribution is -2.33. The summed E-state index contributed by atoms with van der Waals surface area (Å²) in [6.45, 7) is 0.356. The van der Waals surface area contributed by atoms with Crippen molar-refractivity contribution in [2.24, 2.45) is 0 Å². The van der Waals surface area contributed by atoms with Gasteiger partial charge in [-0.25, -0.2) is 19.8 Å². The van der Waals surface area contributed by atoms with Crippen molar-refractivity contribution in [3.63, 3.8) is 0 Å². The number of nitrogens with zero attached hydrogens (tertiary/aromatic N) is 3. The summed E-state index contributed by atoms with van der Waals surface area (Å²) in [7, 11) is 1.49. The van der Waals surface area contributed by atoms with Gasteiger partial charge in [0.05, 0.1) is 45.3 Å². The first-order chi connectivity index (χ1) is 14.4. The van der Waals surface area contributed by atoms with Gasteiger partial charge in [-0.3, -0.25) is 4.79 Å². The van der Waals surface area contributed by atoms with E-state index >= 15 is 0 Å². The van der Waals surface area contributed by atoms with Gasteiger partial charge in [0.2, 0.25) is 5.95 Å². The summed E-state index contributed by atoms with van der Waals surface area (Å²) < 4.78 is 4.96. The molecule has 4 aromatic rings. The number of ether oxygens (including phenoxy) is 1. The monoisotopic (exact) mass is 447 g/mol. The molecule has 0 fully saturated rings. The van der Waals surface area contributed by atoms with E-state index in [1.807, 2.05) is 0 Å². The number of H-pyrrole nitrogens is 2. The molecule has 30 heavy (non-hydrogen) atoms. The van der Waals surface area contributed by atoms with Crippen molar-refractivity contribution in [1.82, 2.24) is 20.2 Å². The minimum atomic E-state index is -1.15. The number of hydrogen-bond donors (Lipinski definition) is 3. The molecule has 0 saturated heterocycles. The molecule has 3 N–H and O–H groups in total. The summed E-state index contributed by atoms with van der Waals surface area (Å²) in [5, 5.41) is 17.6. The number of hydrogen-bond acceptors (Lipinski definition) is 5. The number of carboxylic acid groups (broad SMARTS) is 1. The molecule has 0 bridgehead atoms. The van der Waals surface area contributed by atoms with Crippen LogP contribution in [-0.4, -0.2) is 51.6 Å². The second-order valence-electron chi connectivity index (χ2n) is 6.43. The van der Waals surface area contributed by atoms with Crippen LogP contribution in [0.5, 0.6) is 0 Å². The Morgan fingerprint density at radius 1 is 1.20 bits per heavy atom. The predicted molar refractivity (Wildman–Crippen MR) is 115 cm³/mol. The fourth-order valence-electron chi connectivity index (χ4n) is 3.12. The van der Waals surface area contributed by atoms with Crippen LogP contribution < -0.4 is 10.5 Å². The Balaban J connectivity index is 1.83. The Morgan fingerprint density at radius 2 is 1.93 bits per heavy atom. The van der Waals surface area contributed by atoms with Crippen LogP contribution in [-0.2, 0) is 4.74 Å². The molecule has 0 atom stereocenters. The van der Waals surface area contributed by atoms with Crippen LogP contribution in [0.1, 0.15) is 0 Å². The van der Waals surface area contributed by atoms with Gasteiger partial charge in [0, 0.05) is 18.1 Å². The minimum absolute atomic E-state index is 0.129. The van der Waals surface area contributed by atoms with Crippen molar-refractivity contribution in [1.29, 1.82) is 0 Å². The highest BCUT2D eigenvalue weighted by Gasteiger charge is 2.19. The maximum absolute atomic E-state index is 12.2. The van der Waals surface area contributed by atoms with Crippen molar-refractivity contribution in [2.45, 2.75) is 0 Å². The zero-order valence-corrected chi connectivity index (χ0v) is 17.1. The summed E-state index contributed by atoms with van der Waals surface area (Å²) in [6.07, 6.45) is -1.15. The third-order valence-corrected chi connectivity index (χ3v) is 5.30. The number of amides is 1. The van der Waals surface area contributed by atoms with E-state index in [0.717, 1.165) is 4.90 Å². The first kappa shape index (κ1) is 20.1. The molecule has 0 radical (unpaired) electrons. The average molecular weight is 448 g/mol. The van der Waals surface area contributed by atoms with Crippen molar-refractivity contribution in [3.8, 4) is 11.3 Å². The van der Waals surface area contributed by atoms with Crippen LogP contribution >= 0.6 is 23.2 Å². The summed E-state index contributed by atoms with van der Waals surface area (Å²) in [5.41, 5.74) is 1.97. The van der Waals surface area contributed by atoms with Crippen molar-refractivity contribution in [3.05, 3.63) is 50.7 Å². The summed E-state index contributed by atoms with van der Waals surface area (Å²) in [4.78, 5) is 32.1. The fraction of sp³-hybridized carbons (Fsp3) is 0.158. The summed E-state index contributed by atoms with van der Waals surface area (Å²) in [6, 6.07) is 8.37. The maximum atomic E-state index is 12.2. The first-order valence-electron chi connectivity index (χ1n) is 8.76. The number of aromatic nitrogens is 4. The lowest BCUT2D eigenvalue weighted by molar-refractivity contribution is 0.186. The molecule has 11 heteroatoms. The SMILES string of the molecule is COCCN(C(=O)O)c1nc2ccc(-c3n[nH]c(=O)c4cc(Cl)c(Cl)cc34)cc2[nH]1. The van der Waals surface area contributed by atoms with Gasteiger partial charge < -0.3 is 14.8 Å². The van der Waals surface area contributed by atoms with E-state index in [4.69, 9.17) is 27.9 Å². The third kappa shape index (κ3) is 3.58. The molecule has 4 rings (SSSR count). The quantitative estimate of drug-likeness (QED) is 0.425. The zero-order chi connectivity index (χ0) is 21.4. The molecule has 2 aromatic carbocycles. The van der Waals surface area contributed by atoms with E-state index in [9.17, 15) is 14.7 Å². The number of imidazole rings is 1. The Bertz CT molecular complexity index is 1330. The second-order valence-corrected chi connectivity index (χ2v) is 7.25. The summed E-state index contributed by atoms with van der Waals surface area (Å²) >= 11 is 12.2. The molecule has 154 valence electrons. The van der Waals surface area contributed by atoms with E-state index in [1.165, 1.54) is 13.2 Å². The van der Waals surface area contributed by atoms with Crippen molar-refractivity contribution >= 4 is 57.0 Å². The molecule has 0 aliphatic heterocycles. The minimum Gasteiger partial charge on any atom is -0.465 e. The average Bonchev–Trinajstić information content (AvgIpc) is 3.12. The predicted octanol–water partition coefficient (Wildman–Crippen LogP) is 3.90. The zero-order valence-electron chi connectivity index (χ0n) is 15.6. The van der Waals surface area contributed by atoms with Gasteiger partial charge in [0.1, 0.15) is 0 Å². The molecule has 1 amide bonds.